The van der Waals surface area contributed by atoms with Gasteiger partial charge in [0.2, 0.25) is 0 Å². The molecule has 2 heteroatoms. The number of hydrogen-bond acceptors (Lipinski definition) is 2. The Balaban J connectivity index is 0.879. The lowest BCUT2D eigenvalue weighted by Crippen LogP contribution is -2.18. The van der Waals surface area contributed by atoms with Crippen molar-refractivity contribution < 1.29 is 9.47 Å². The predicted octanol–water partition coefficient (Wildman–Crippen LogP) is 14.7. The number of aryl methyl sites for hydroxylation is 2. The molecule has 2 aliphatic rings. The highest BCUT2D eigenvalue weighted by Gasteiger charge is 2.26. The van der Waals surface area contributed by atoms with Crippen LogP contribution in [0.2, 0.25) is 0 Å². The molecule has 57 heavy (non-hydrogen) atoms. The van der Waals surface area contributed by atoms with E-state index in [1.807, 2.05) is 0 Å². The van der Waals surface area contributed by atoms with Gasteiger partial charge in [0.05, 0.1) is 0 Å². The molecular formula is C55H44O2. The standard InChI is InChI=1S/C55H44O2/c1-35-29-47-43-15-7-5-13-37(43)33-51(47)49(31-35)45-17-9-11-19-53(45)56-41-25-21-39(22-26-41)55(3,4)40-23-27-42(28-24-40)57-54-20-12-10-18-46(54)50-32-36(2)30-48-44-16-8-6-14-38(44)34-52(48)50/h5-32H,33-34H2,1-4H3. The molecule has 2 nitrogen and oxygen atoms in total. The van der Waals surface area contributed by atoms with Crippen LogP contribution >= 0.6 is 0 Å². The topological polar surface area (TPSA) is 18.5 Å². The summed E-state index contributed by atoms with van der Waals surface area (Å²) in [6, 6.07) is 60.8. The Morgan fingerprint density at radius 2 is 0.702 bits per heavy atom. The monoisotopic (exact) mass is 736 g/mol. The van der Waals surface area contributed by atoms with Crippen molar-refractivity contribution in [2.75, 3.05) is 0 Å². The second-order valence-electron chi connectivity index (χ2n) is 16.2. The summed E-state index contributed by atoms with van der Waals surface area (Å²) in [5, 5.41) is 0. The molecule has 0 aromatic heterocycles. The molecular weight excluding hydrogens is 693 g/mol. The molecule has 276 valence electrons. The van der Waals surface area contributed by atoms with Crippen molar-refractivity contribution in [3.8, 4) is 67.5 Å². The molecule has 8 aromatic carbocycles. The third-order valence-corrected chi connectivity index (χ3v) is 12.1. The van der Waals surface area contributed by atoms with Crippen LogP contribution in [0, 0.1) is 13.8 Å². The predicted molar refractivity (Wildman–Crippen MR) is 235 cm³/mol. The quantitative estimate of drug-likeness (QED) is 0.155. The minimum absolute atomic E-state index is 0.235. The van der Waals surface area contributed by atoms with E-state index >= 15 is 0 Å². The smallest absolute Gasteiger partial charge is 0.135 e. The van der Waals surface area contributed by atoms with Crippen LogP contribution in [-0.4, -0.2) is 0 Å². The third kappa shape index (κ3) is 6.23. The summed E-state index contributed by atoms with van der Waals surface area (Å²) in [5.74, 6) is 3.37. The normalized spacial score (nSPS) is 12.4. The van der Waals surface area contributed by atoms with Crippen LogP contribution in [0.1, 0.15) is 58.4 Å². The van der Waals surface area contributed by atoms with Gasteiger partial charge in [-0.15, -0.1) is 0 Å². The number of ether oxygens (including phenoxy) is 2. The fourth-order valence-electron chi connectivity index (χ4n) is 9.09. The van der Waals surface area contributed by atoms with Crippen LogP contribution in [0.15, 0.2) is 170 Å². The van der Waals surface area contributed by atoms with Crippen LogP contribution in [0.4, 0.5) is 0 Å². The molecule has 8 aromatic rings. The lowest BCUT2D eigenvalue weighted by molar-refractivity contribution is 0.483. The van der Waals surface area contributed by atoms with E-state index in [9.17, 15) is 0 Å². The van der Waals surface area contributed by atoms with Gasteiger partial charge in [0.1, 0.15) is 23.0 Å². The van der Waals surface area contributed by atoms with Crippen LogP contribution in [-0.2, 0) is 18.3 Å². The fourth-order valence-corrected chi connectivity index (χ4v) is 9.09. The van der Waals surface area contributed by atoms with Gasteiger partial charge in [-0.2, -0.15) is 0 Å². The molecule has 0 radical (unpaired) electrons. The molecule has 0 saturated carbocycles. The highest BCUT2D eigenvalue weighted by Crippen LogP contribution is 2.47. The van der Waals surface area contributed by atoms with Gasteiger partial charge in [-0.1, -0.05) is 147 Å². The number of benzene rings is 8. The van der Waals surface area contributed by atoms with Crippen LogP contribution in [0.3, 0.4) is 0 Å². The second kappa shape index (κ2) is 13.8. The Morgan fingerprint density at radius 1 is 0.368 bits per heavy atom. The van der Waals surface area contributed by atoms with E-state index in [0.717, 1.165) is 47.0 Å². The Morgan fingerprint density at radius 3 is 1.11 bits per heavy atom. The van der Waals surface area contributed by atoms with E-state index in [-0.39, 0.29) is 5.41 Å². The minimum Gasteiger partial charge on any atom is -0.457 e. The van der Waals surface area contributed by atoms with E-state index in [1.165, 1.54) is 77.9 Å². The SMILES string of the molecule is Cc1cc2c(c(-c3ccccc3Oc3ccc(C(C)(C)c4ccc(Oc5ccccc5-c5cc(C)cc6c5Cc5ccccc5-6)cc4)cc3)c1)Cc1ccccc1-2. The third-order valence-electron chi connectivity index (χ3n) is 12.1. The summed E-state index contributed by atoms with van der Waals surface area (Å²) in [6.45, 7) is 8.92. The zero-order valence-electron chi connectivity index (χ0n) is 32.9. The first-order valence-electron chi connectivity index (χ1n) is 20.0. The summed E-state index contributed by atoms with van der Waals surface area (Å²) < 4.78 is 13.3. The maximum Gasteiger partial charge on any atom is 0.135 e. The molecule has 0 amide bonds. The van der Waals surface area contributed by atoms with E-state index in [0.29, 0.717) is 0 Å². The van der Waals surface area contributed by atoms with Gasteiger partial charge in [0.25, 0.3) is 0 Å². The summed E-state index contributed by atoms with van der Waals surface area (Å²) >= 11 is 0. The summed E-state index contributed by atoms with van der Waals surface area (Å²) in [5.41, 5.74) is 20.3. The lowest BCUT2D eigenvalue weighted by Gasteiger charge is -2.26. The van der Waals surface area contributed by atoms with E-state index in [4.69, 9.17) is 9.47 Å². The summed E-state index contributed by atoms with van der Waals surface area (Å²) in [6.07, 6.45) is 1.87. The average molecular weight is 737 g/mol. The molecule has 10 rings (SSSR count). The Labute approximate surface area is 336 Å². The average Bonchev–Trinajstić information content (AvgIpc) is 3.80. The molecule has 0 unspecified atom stereocenters. The number of hydrogen-bond donors (Lipinski definition) is 0. The molecule has 0 fully saturated rings. The lowest BCUT2D eigenvalue weighted by atomic mass is 9.78. The van der Waals surface area contributed by atoms with Crippen molar-refractivity contribution in [1.82, 2.24) is 0 Å². The Kier molecular flexibility index (Phi) is 8.45. The van der Waals surface area contributed by atoms with Gasteiger partial charge in [-0.3, -0.25) is 0 Å². The number of rotatable bonds is 8. The molecule has 0 N–H and O–H groups in total. The first kappa shape index (κ1) is 34.8. The van der Waals surface area contributed by atoms with Crippen LogP contribution < -0.4 is 9.47 Å². The molecule has 0 spiro atoms. The second-order valence-corrected chi connectivity index (χ2v) is 16.2. The highest BCUT2D eigenvalue weighted by atomic mass is 16.5. The Hall–Kier alpha value is -6.64. The molecule has 0 aliphatic heterocycles. The number of fused-ring (bicyclic) bond motifs is 6. The van der Waals surface area contributed by atoms with Gasteiger partial charge >= 0.3 is 0 Å². The van der Waals surface area contributed by atoms with E-state index < -0.39 is 0 Å². The Bertz CT molecular complexity index is 2630. The fraction of sp³-hybridized carbons (Fsp3) is 0.127. The first-order chi connectivity index (χ1) is 27.8. The zero-order chi connectivity index (χ0) is 38.7. The molecule has 0 heterocycles. The van der Waals surface area contributed by atoms with Gasteiger partial charge in [-0.05, 0) is 141 Å². The summed E-state index contributed by atoms with van der Waals surface area (Å²) in [4.78, 5) is 0. The van der Waals surface area contributed by atoms with Crippen molar-refractivity contribution in [3.05, 3.63) is 214 Å². The van der Waals surface area contributed by atoms with E-state index in [1.54, 1.807) is 0 Å². The molecule has 0 bridgehead atoms. The van der Waals surface area contributed by atoms with Crippen molar-refractivity contribution in [2.45, 2.75) is 46.0 Å². The molecule has 0 saturated heterocycles. The highest BCUT2D eigenvalue weighted by molar-refractivity contribution is 5.88. The zero-order valence-corrected chi connectivity index (χ0v) is 32.9. The van der Waals surface area contributed by atoms with Crippen molar-refractivity contribution >= 4 is 0 Å². The van der Waals surface area contributed by atoms with Gasteiger partial charge in [-0.25, -0.2) is 0 Å². The van der Waals surface area contributed by atoms with Crippen molar-refractivity contribution in [2.24, 2.45) is 0 Å². The maximum absolute atomic E-state index is 6.66. The van der Waals surface area contributed by atoms with E-state index in [2.05, 4.69) is 198 Å². The number of para-hydroxylation sites is 2. The van der Waals surface area contributed by atoms with Gasteiger partial charge in [0, 0.05) is 16.5 Å². The minimum atomic E-state index is -0.235. The molecule has 0 atom stereocenters. The van der Waals surface area contributed by atoms with Crippen molar-refractivity contribution in [3.63, 3.8) is 0 Å². The molecule has 2 aliphatic carbocycles. The summed E-state index contributed by atoms with van der Waals surface area (Å²) in [7, 11) is 0. The maximum atomic E-state index is 6.66. The van der Waals surface area contributed by atoms with Gasteiger partial charge < -0.3 is 9.47 Å². The van der Waals surface area contributed by atoms with Crippen LogP contribution in [0.5, 0.6) is 23.0 Å². The van der Waals surface area contributed by atoms with Gasteiger partial charge in [0.15, 0.2) is 0 Å². The first-order valence-corrected chi connectivity index (χ1v) is 20.0. The van der Waals surface area contributed by atoms with Crippen LogP contribution in [0.25, 0.3) is 44.5 Å². The largest absolute Gasteiger partial charge is 0.457 e. The van der Waals surface area contributed by atoms with Crippen molar-refractivity contribution in [1.29, 1.82) is 0 Å².